The number of aromatic nitrogens is 2. The van der Waals surface area contributed by atoms with E-state index in [0.29, 0.717) is 19.7 Å². The Labute approximate surface area is 137 Å². The fraction of sp³-hybridized carbons (Fsp3) is 0.765. The molecule has 0 bridgehead atoms. The number of likely N-dealkylation sites (tertiary alicyclic amines) is 1. The van der Waals surface area contributed by atoms with Gasteiger partial charge in [-0.15, -0.1) is 0 Å². The molecule has 6 nitrogen and oxygen atoms in total. The Balaban J connectivity index is 1.67. The van der Waals surface area contributed by atoms with Gasteiger partial charge in [-0.3, -0.25) is 9.48 Å². The molecule has 2 fully saturated rings. The summed E-state index contributed by atoms with van der Waals surface area (Å²) in [7, 11) is 1.68. The highest BCUT2D eigenvalue weighted by atomic mass is 16.5. The molecule has 2 heterocycles. The Bertz CT molecular complexity index is 527. The van der Waals surface area contributed by atoms with Crippen LogP contribution in [0.3, 0.4) is 0 Å². The van der Waals surface area contributed by atoms with Crippen molar-refractivity contribution >= 4 is 5.91 Å². The molecule has 1 aromatic rings. The van der Waals surface area contributed by atoms with Gasteiger partial charge in [-0.2, -0.15) is 5.10 Å². The number of ether oxygens (including phenoxy) is 1. The highest BCUT2D eigenvalue weighted by Gasteiger charge is 2.53. The summed E-state index contributed by atoms with van der Waals surface area (Å²) in [5.74, 6) is 0.239. The van der Waals surface area contributed by atoms with Crippen LogP contribution in [0.15, 0.2) is 18.5 Å². The molecule has 1 aromatic heterocycles. The van der Waals surface area contributed by atoms with Crippen molar-refractivity contribution in [3.05, 3.63) is 18.5 Å². The van der Waals surface area contributed by atoms with Gasteiger partial charge in [-0.1, -0.05) is 0 Å². The zero-order chi connectivity index (χ0) is 16.3. The first kappa shape index (κ1) is 16.5. The fourth-order valence-corrected chi connectivity index (χ4v) is 3.74. The molecule has 1 saturated heterocycles. The largest absolute Gasteiger partial charge is 0.396 e. The van der Waals surface area contributed by atoms with Gasteiger partial charge in [-0.25, -0.2) is 0 Å². The summed E-state index contributed by atoms with van der Waals surface area (Å²) >= 11 is 0. The van der Waals surface area contributed by atoms with E-state index >= 15 is 0 Å². The van der Waals surface area contributed by atoms with Crippen LogP contribution in [0.2, 0.25) is 0 Å². The maximum absolute atomic E-state index is 13.1. The molecule has 0 unspecified atom stereocenters. The second-order valence-electron chi connectivity index (χ2n) is 7.22. The summed E-state index contributed by atoms with van der Waals surface area (Å²) in [4.78, 5) is 15.0. The molecule has 23 heavy (non-hydrogen) atoms. The Morgan fingerprint density at radius 2 is 2.22 bits per heavy atom. The quantitative estimate of drug-likeness (QED) is 0.822. The lowest BCUT2D eigenvalue weighted by atomic mass is 9.77. The third-order valence-electron chi connectivity index (χ3n) is 5.45. The van der Waals surface area contributed by atoms with Gasteiger partial charge in [-0.05, 0) is 38.2 Å². The Morgan fingerprint density at radius 1 is 1.39 bits per heavy atom. The topological polar surface area (TPSA) is 67.6 Å². The third-order valence-corrected chi connectivity index (χ3v) is 5.45. The molecular weight excluding hydrogens is 294 g/mol. The normalized spacial score (nSPS) is 26.3. The van der Waals surface area contributed by atoms with Gasteiger partial charge in [0.2, 0.25) is 5.91 Å². The number of hydrogen-bond donors (Lipinski definition) is 1. The molecule has 0 aromatic carbocycles. The highest BCUT2D eigenvalue weighted by Crippen LogP contribution is 2.49. The number of hydrogen-bond acceptors (Lipinski definition) is 4. The second-order valence-corrected chi connectivity index (χ2v) is 7.22. The van der Waals surface area contributed by atoms with Crippen LogP contribution in [-0.2, 0) is 16.1 Å². The van der Waals surface area contributed by atoms with Crippen molar-refractivity contribution in [3.8, 4) is 0 Å². The smallest absolute Gasteiger partial charge is 0.230 e. The summed E-state index contributed by atoms with van der Waals surface area (Å²) < 4.78 is 7.05. The first-order valence-corrected chi connectivity index (χ1v) is 8.50. The number of methoxy groups -OCH3 is 1. The van der Waals surface area contributed by atoms with Crippen molar-refractivity contribution in [2.24, 2.45) is 10.8 Å². The number of aliphatic hydroxyl groups excluding tert-OH is 1. The lowest BCUT2D eigenvalue weighted by Gasteiger charge is -2.43. The highest BCUT2D eigenvalue weighted by molar-refractivity contribution is 5.85. The molecule has 2 aliphatic rings. The standard InChI is InChI=1S/C17H27N3O3/c1-23-11-7-16(14-21)4-2-9-19(12-16)15(22)17(5-6-17)13-20-10-3-8-18-20/h3,8,10,21H,2,4-7,9,11-14H2,1H3/t16-/m1/s1. The number of nitrogens with zero attached hydrogens (tertiary/aromatic N) is 3. The zero-order valence-corrected chi connectivity index (χ0v) is 13.9. The van der Waals surface area contributed by atoms with Gasteiger partial charge >= 0.3 is 0 Å². The third kappa shape index (κ3) is 3.43. The summed E-state index contributed by atoms with van der Waals surface area (Å²) in [5.41, 5.74) is -0.475. The SMILES string of the molecule is COCC[C@]1(CO)CCCN(C(=O)C2(Cn3cccn3)CC2)C1. The van der Waals surface area contributed by atoms with E-state index in [2.05, 4.69) is 5.10 Å². The van der Waals surface area contributed by atoms with E-state index in [1.54, 1.807) is 13.3 Å². The lowest BCUT2D eigenvalue weighted by Crippen LogP contribution is -2.51. The number of amides is 1. The van der Waals surface area contributed by atoms with Gasteiger partial charge in [0.05, 0.1) is 18.6 Å². The predicted octanol–water partition coefficient (Wildman–Crippen LogP) is 1.30. The van der Waals surface area contributed by atoms with E-state index in [1.165, 1.54) is 0 Å². The van der Waals surface area contributed by atoms with Gasteiger partial charge < -0.3 is 14.7 Å². The van der Waals surface area contributed by atoms with Crippen molar-refractivity contribution < 1.29 is 14.6 Å². The molecule has 0 spiro atoms. The Morgan fingerprint density at radius 3 is 2.83 bits per heavy atom. The van der Waals surface area contributed by atoms with Crippen LogP contribution in [0.5, 0.6) is 0 Å². The van der Waals surface area contributed by atoms with Crippen LogP contribution in [0.4, 0.5) is 0 Å². The van der Waals surface area contributed by atoms with Crippen LogP contribution >= 0.6 is 0 Å². The minimum Gasteiger partial charge on any atom is -0.396 e. The van der Waals surface area contributed by atoms with Crippen LogP contribution < -0.4 is 0 Å². The monoisotopic (exact) mass is 321 g/mol. The summed E-state index contributed by atoms with van der Waals surface area (Å²) in [6, 6.07) is 1.89. The molecule has 1 N–H and O–H groups in total. The Hall–Kier alpha value is -1.40. The summed E-state index contributed by atoms with van der Waals surface area (Å²) in [5, 5.41) is 14.1. The predicted molar refractivity (Wildman–Crippen MR) is 85.7 cm³/mol. The van der Waals surface area contributed by atoms with Crippen LogP contribution in [0, 0.1) is 10.8 Å². The van der Waals surface area contributed by atoms with Gasteiger partial charge in [0.25, 0.3) is 0 Å². The number of carbonyl (C=O) groups excluding carboxylic acids is 1. The van der Waals surface area contributed by atoms with E-state index in [4.69, 9.17) is 4.74 Å². The minimum atomic E-state index is -0.272. The summed E-state index contributed by atoms with van der Waals surface area (Å²) in [6.07, 6.45) is 8.26. The number of aliphatic hydroxyl groups is 1. The van der Waals surface area contributed by atoms with Gasteiger partial charge in [0, 0.05) is 44.6 Å². The van der Waals surface area contributed by atoms with Crippen LogP contribution in [0.25, 0.3) is 0 Å². The first-order valence-electron chi connectivity index (χ1n) is 8.50. The van der Waals surface area contributed by atoms with Crippen molar-refractivity contribution in [2.45, 2.75) is 38.6 Å². The molecular formula is C17H27N3O3. The van der Waals surface area contributed by atoms with Crippen molar-refractivity contribution in [1.29, 1.82) is 0 Å². The van der Waals surface area contributed by atoms with Crippen molar-refractivity contribution in [3.63, 3.8) is 0 Å². The molecule has 1 saturated carbocycles. The van der Waals surface area contributed by atoms with E-state index in [-0.39, 0.29) is 23.3 Å². The molecule has 0 radical (unpaired) electrons. The van der Waals surface area contributed by atoms with Gasteiger partial charge in [0.1, 0.15) is 0 Å². The van der Waals surface area contributed by atoms with Crippen LogP contribution in [-0.4, -0.2) is 59.1 Å². The molecule has 128 valence electrons. The molecule has 1 atom stereocenters. The van der Waals surface area contributed by atoms with E-state index < -0.39 is 0 Å². The maximum Gasteiger partial charge on any atom is 0.230 e. The van der Waals surface area contributed by atoms with E-state index in [9.17, 15) is 9.90 Å². The number of rotatable bonds is 7. The lowest BCUT2D eigenvalue weighted by molar-refractivity contribution is -0.142. The van der Waals surface area contributed by atoms with E-state index in [0.717, 1.165) is 38.6 Å². The zero-order valence-electron chi connectivity index (χ0n) is 13.9. The Kier molecular flexibility index (Phi) is 4.73. The number of piperidine rings is 1. The summed E-state index contributed by atoms with van der Waals surface area (Å²) in [6.45, 7) is 2.85. The second kappa shape index (κ2) is 6.61. The van der Waals surface area contributed by atoms with E-state index in [1.807, 2.05) is 21.8 Å². The maximum atomic E-state index is 13.1. The van der Waals surface area contributed by atoms with Gasteiger partial charge in [0.15, 0.2) is 0 Å². The molecule has 1 aliphatic heterocycles. The molecule has 1 amide bonds. The molecule has 6 heteroatoms. The average Bonchev–Trinajstić information content (AvgIpc) is 3.18. The van der Waals surface area contributed by atoms with Crippen molar-refractivity contribution in [2.75, 3.05) is 33.4 Å². The first-order chi connectivity index (χ1) is 11.1. The minimum absolute atomic E-state index is 0.117. The number of carbonyl (C=O) groups is 1. The molecule has 1 aliphatic carbocycles. The average molecular weight is 321 g/mol. The molecule has 3 rings (SSSR count). The fourth-order valence-electron chi connectivity index (χ4n) is 3.74. The van der Waals surface area contributed by atoms with Crippen LogP contribution in [0.1, 0.15) is 32.1 Å². The van der Waals surface area contributed by atoms with Crippen molar-refractivity contribution in [1.82, 2.24) is 14.7 Å².